The first-order chi connectivity index (χ1) is 15.9. The summed E-state index contributed by atoms with van der Waals surface area (Å²) >= 11 is 0. The molecule has 3 rings (SSSR count). The van der Waals surface area contributed by atoms with E-state index in [1.54, 1.807) is 0 Å². The Labute approximate surface area is 204 Å². The molecule has 1 aromatic heterocycles. The van der Waals surface area contributed by atoms with Crippen LogP contribution in [0.2, 0.25) is 0 Å². The van der Waals surface area contributed by atoms with Gasteiger partial charge in [0.05, 0.1) is 43.7 Å². The highest BCUT2D eigenvalue weighted by molar-refractivity contribution is 7.85. The average molecular weight is 488 g/mol. The maximum Gasteiger partial charge on any atom is 0.215 e. The summed E-state index contributed by atoms with van der Waals surface area (Å²) in [6.45, 7) is 2.71. The van der Waals surface area contributed by atoms with Crippen LogP contribution in [0.4, 0.5) is 11.4 Å². The number of fused-ring (bicyclic) bond motifs is 2. The summed E-state index contributed by atoms with van der Waals surface area (Å²) in [5, 5.41) is 2.45. The molecule has 0 amide bonds. The van der Waals surface area contributed by atoms with Crippen molar-refractivity contribution in [3.8, 4) is 0 Å². The normalized spacial score (nSPS) is 12.4. The van der Waals surface area contributed by atoms with Gasteiger partial charge in [-0.1, -0.05) is 0 Å². The summed E-state index contributed by atoms with van der Waals surface area (Å²) in [6, 6.07) is 15.5. The van der Waals surface area contributed by atoms with Crippen molar-refractivity contribution in [2.45, 2.75) is 25.8 Å². The van der Waals surface area contributed by atoms with Gasteiger partial charge in [0.25, 0.3) is 0 Å². The van der Waals surface area contributed by atoms with Crippen molar-refractivity contribution in [3.05, 3.63) is 42.5 Å². The second-order valence-electron chi connectivity index (χ2n) is 10.3. The SMILES string of the molecule is CN(C)c1ccc2cc3ccc(N(C)C)cc3[n+](CCC[N+](C)(C)CCCCS(=O)(=O)[O-])c2c1. The monoisotopic (exact) mass is 487 g/mol. The van der Waals surface area contributed by atoms with Crippen LogP contribution in [0, 0.1) is 0 Å². The van der Waals surface area contributed by atoms with E-state index >= 15 is 0 Å². The van der Waals surface area contributed by atoms with Gasteiger partial charge in [-0.15, -0.1) is 0 Å². The number of unbranched alkanes of at least 4 members (excludes halogenated alkanes) is 1. The number of hydrogen-bond acceptors (Lipinski definition) is 5. The van der Waals surface area contributed by atoms with E-state index in [1.807, 2.05) is 0 Å². The van der Waals surface area contributed by atoms with Gasteiger partial charge in [-0.3, -0.25) is 0 Å². The van der Waals surface area contributed by atoms with Crippen molar-refractivity contribution < 1.29 is 22.0 Å². The average Bonchev–Trinajstić information content (AvgIpc) is 2.74. The maximum absolute atomic E-state index is 10.9. The van der Waals surface area contributed by atoms with E-state index in [1.165, 1.54) is 33.2 Å². The molecule has 0 N–H and O–H groups in total. The van der Waals surface area contributed by atoms with Crippen LogP contribution < -0.4 is 14.4 Å². The summed E-state index contributed by atoms with van der Waals surface area (Å²) < 4.78 is 35.8. The van der Waals surface area contributed by atoms with Crippen LogP contribution in [-0.2, 0) is 16.7 Å². The Balaban J connectivity index is 1.87. The van der Waals surface area contributed by atoms with Gasteiger partial charge < -0.3 is 18.8 Å². The summed E-state index contributed by atoms with van der Waals surface area (Å²) in [5.41, 5.74) is 4.80. The predicted molar refractivity (Wildman–Crippen MR) is 141 cm³/mol. The smallest absolute Gasteiger partial charge is 0.215 e. The van der Waals surface area contributed by atoms with Crippen LogP contribution in [0.15, 0.2) is 42.5 Å². The van der Waals surface area contributed by atoms with E-state index in [2.05, 4.69) is 99.1 Å². The second-order valence-corrected chi connectivity index (χ2v) is 11.8. The molecule has 0 spiro atoms. The first-order valence-corrected chi connectivity index (χ1v) is 13.4. The van der Waals surface area contributed by atoms with E-state index < -0.39 is 10.1 Å². The molecule has 0 aliphatic carbocycles. The molecule has 186 valence electrons. The maximum atomic E-state index is 10.9. The number of nitrogens with zero attached hydrogens (tertiary/aromatic N) is 4. The van der Waals surface area contributed by atoms with Gasteiger partial charge in [-0.2, -0.15) is 4.57 Å². The van der Waals surface area contributed by atoms with Crippen molar-refractivity contribution in [1.29, 1.82) is 0 Å². The van der Waals surface area contributed by atoms with Crippen LogP contribution in [0.1, 0.15) is 19.3 Å². The Morgan fingerprint density at radius 2 is 1.29 bits per heavy atom. The molecule has 0 unspecified atom stereocenters. The van der Waals surface area contributed by atoms with Crippen molar-refractivity contribution in [3.63, 3.8) is 0 Å². The standard InChI is InChI=1S/C26H39N4O3S/c1-27(2)23-12-10-21-18-22-11-13-24(28(3)4)20-26(22)29(25(21)19-23)14-9-16-30(5,6)15-7-8-17-34(31,32)33/h10-13,18-20H,7-9,14-17H2,1-6H3/q+1. The van der Waals surface area contributed by atoms with E-state index in [0.717, 1.165) is 37.0 Å². The zero-order valence-electron chi connectivity index (χ0n) is 21.4. The molecule has 1 heterocycles. The van der Waals surface area contributed by atoms with Crippen molar-refractivity contribution in [1.82, 2.24) is 0 Å². The van der Waals surface area contributed by atoms with Gasteiger partial charge in [0, 0.05) is 68.2 Å². The zero-order chi connectivity index (χ0) is 25.1. The highest BCUT2D eigenvalue weighted by atomic mass is 32.2. The fourth-order valence-electron chi connectivity index (χ4n) is 4.46. The van der Waals surface area contributed by atoms with Gasteiger partial charge >= 0.3 is 0 Å². The number of hydrogen-bond donors (Lipinski definition) is 0. The lowest BCUT2D eigenvalue weighted by Gasteiger charge is -2.29. The highest BCUT2D eigenvalue weighted by Gasteiger charge is 2.20. The van der Waals surface area contributed by atoms with E-state index in [-0.39, 0.29) is 5.75 Å². The number of rotatable bonds is 11. The Bertz CT molecular complexity index is 1190. The van der Waals surface area contributed by atoms with E-state index in [4.69, 9.17) is 0 Å². The number of anilines is 2. The molecule has 0 aliphatic heterocycles. The molecule has 34 heavy (non-hydrogen) atoms. The third-order valence-electron chi connectivity index (χ3n) is 6.51. The topological polar surface area (TPSA) is 67.6 Å². The minimum absolute atomic E-state index is 0.271. The molecule has 2 aromatic carbocycles. The summed E-state index contributed by atoms with van der Waals surface area (Å²) in [6.07, 6.45) is 2.15. The molecular formula is C26H39N4O3S+. The van der Waals surface area contributed by atoms with E-state index in [9.17, 15) is 13.0 Å². The molecule has 0 atom stereocenters. The van der Waals surface area contributed by atoms with Gasteiger partial charge in [-0.25, -0.2) is 8.42 Å². The molecule has 0 aliphatic rings. The van der Waals surface area contributed by atoms with Gasteiger partial charge in [0.15, 0.2) is 6.54 Å². The first-order valence-electron chi connectivity index (χ1n) is 11.9. The van der Waals surface area contributed by atoms with Crippen molar-refractivity contribution in [2.75, 3.05) is 70.9 Å². The van der Waals surface area contributed by atoms with Crippen LogP contribution in [-0.4, -0.2) is 78.6 Å². The number of aryl methyl sites for hydroxylation is 1. The summed E-state index contributed by atoms with van der Waals surface area (Å²) in [5.74, 6) is -0.271. The van der Waals surface area contributed by atoms with Gasteiger partial charge in [0.2, 0.25) is 11.0 Å². The number of aromatic nitrogens is 1. The number of benzene rings is 2. The Morgan fingerprint density at radius 3 is 1.76 bits per heavy atom. The molecule has 0 radical (unpaired) electrons. The predicted octanol–water partition coefficient (Wildman–Crippen LogP) is 3.20. The number of pyridine rings is 1. The molecular weight excluding hydrogens is 448 g/mol. The molecule has 3 aromatic rings. The third-order valence-corrected chi connectivity index (χ3v) is 7.30. The van der Waals surface area contributed by atoms with Crippen LogP contribution in [0.3, 0.4) is 0 Å². The second kappa shape index (κ2) is 10.5. The van der Waals surface area contributed by atoms with Crippen LogP contribution in [0.5, 0.6) is 0 Å². The van der Waals surface area contributed by atoms with Crippen LogP contribution in [0.25, 0.3) is 21.8 Å². The Morgan fingerprint density at radius 1 is 0.794 bits per heavy atom. The largest absolute Gasteiger partial charge is 0.748 e. The van der Waals surface area contributed by atoms with Crippen LogP contribution >= 0.6 is 0 Å². The van der Waals surface area contributed by atoms with Crippen molar-refractivity contribution in [2.24, 2.45) is 0 Å². The molecule has 0 bridgehead atoms. The molecule has 0 saturated heterocycles. The molecule has 0 fully saturated rings. The highest BCUT2D eigenvalue weighted by Crippen LogP contribution is 2.25. The minimum atomic E-state index is -4.12. The minimum Gasteiger partial charge on any atom is -0.748 e. The number of quaternary nitrogens is 1. The molecule has 8 heteroatoms. The first kappa shape index (κ1) is 26.2. The summed E-state index contributed by atoms with van der Waals surface area (Å²) in [4.78, 5) is 4.26. The summed E-state index contributed by atoms with van der Waals surface area (Å²) in [7, 11) is 8.48. The Kier molecular flexibility index (Phi) is 8.06. The lowest BCUT2D eigenvalue weighted by atomic mass is 10.1. The van der Waals surface area contributed by atoms with E-state index in [0.29, 0.717) is 6.42 Å². The lowest BCUT2D eigenvalue weighted by Crippen LogP contribution is -2.44. The lowest BCUT2D eigenvalue weighted by molar-refractivity contribution is -0.892. The zero-order valence-corrected chi connectivity index (χ0v) is 22.2. The fraction of sp³-hybridized carbons (Fsp3) is 0.500. The quantitative estimate of drug-likeness (QED) is 0.137. The molecule has 7 nitrogen and oxygen atoms in total. The van der Waals surface area contributed by atoms with Gasteiger partial charge in [-0.05, 0) is 43.2 Å². The van der Waals surface area contributed by atoms with Gasteiger partial charge in [0.1, 0.15) is 0 Å². The van der Waals surface area contributed by atoms with Crippen molar-refractivity contribution >= 4 is 43.3 Å². The molecule has 0 saturated carbocycles. The Hall–Kier alpha value is -2.42. The fourth-order valence-corrected chi connectivity index (χ4v) is 5.02. The third kappa shape index (κ3) is 6.81.